The Labute approximate surface area is 131 Å². The normalized spacial score (nSPS) is 10.7. The fourth-order valence-corrected chi connectivity index (χ4v) is 3.47. The van der Waals surface area contributed by atoms with Crippen molar-refractivity contribution in [2.24, 2.45) is 0 Å². The van der Waals surface area contributed by atoms with Gasteiger partial charge in [-0.2, -0.15) is 0 Å². The molecule has 0 aliphatic carbocycles. The molecule has 0 amide bonds. The van der Waals surface area contributed by atoms with Crippen LogP contribution in [-0.2, 0) is 11.2 Å². The van der Waals surface area contributed by atoms with Gasteiger partial charge in [-0.1, -0.05) is 30.7 Å². The minimum Gasteiger partial charge on any atom is -0.462 e. The number of esters is 1. The molecule has 2 N–H and O–H groups in total. The van der Waals surface area contributed by atoms with Crippen molar-refractivity contribution in [3.05, 3.63) is 39.5 Å². The molecular formula is C15H15ClFNO2S. The van der Waals surface area contributed by atoms with Gasteiger partial charge in [0.1, 0.15) is 10.7 Å². The molecule has 0 radical (unpaired) electrons. The van der Waals surface area contributed by atoms with Crippen LogP contribution >= 0.6 is 22.9 Å². The number of nitrogen functional groups attached to an aromatic ring is 1. The lowest BCUT2D eigenvalue weighted by Crippen LogP contribution is -2.05. The van der Waals surface area contributed by atoms with Crippen LogP contribution in [0.15, 0.2) is 18.2 Å². The van der Waals surface area contributed by atoms with E-state index in [1.54, 1.807) is 19.1 Å². The van der Waals surface area contributed by atoms with E-state index in [1.807, 2.05) is 6.92 Å². The molecule has 0 bridgehead atoms. The van der Waals surface area contributed by atoms with E-state index in [2.05, 4.69) is 0 Å². The van der Waals surface area contributed by atoms with Gasteiger partial charge in [0.05, 0.1) is 17.3 Å². The van der Waals surface area contributed by atoms with Crippen molar-refractivity contribution >= 4 is 34.6 Å². The molecule has 0 atom stereocenters. The molecule has 2 aromatic rings. The summed E-state index contributed by atoms with van der Waals surface area (Å²) < 4.78 is 19.2. The van der Waals surface area contributed by atoms with Crippen LogP contribution < -0.4 is 5.73 Å². The Hall–Kier alpha value is -1.59. The van der Waals surface area contributed by atoms with Crippen LogP contribution in [-0.4, -0.2) is 12.6 Å². The largest absolute Gasteiger partial charge is 0.462 e. The first-order chi connectivity index (χ1) is 10.0. The summed E-state index contributed by atoms with van der Waals surface area (Å²) in [7, 11) is 0. The summed E-state index contributed by atoms with van der Waals surface area (Å²) in [6, 6.07) is 4.77. The molecule has 1 heterocycles. The molecule has 0 saturated heterocycles. The van der Waals surface area contributed by atoms with Gasteiger partial charge < -0.3 is 10.5 Å². The maximum absolute atomic E-state index is 14.2. The number of anilines is 1. The average Bonchev–Trinajstić information content (AvgIpc) is 2.79. The number of carbonyl (C=O) groups is 1. The van der Waals surface area contributed by atoms with Crippen LogP contribution in [0.1, 0.15) is 29.1 Å². The van der Waals surface area contributed by atoms with E-state index in [0.29, 0.717) is 27.4 Å². The number of carbonyl (C=O) groups excluding carboxylic acids is 1. The van der Waals surface area contributed by atoms with Crippen molar-refractivity contribution < 1.29 is 13.9 Å². The highest BCUT2D eigenvalue weighted by Crippen LogP contribution is 2.41. The predicted molar refractivity (Wildman–Crippen MR) is 84.5 cm³/mol. The van der Waals surface area contributed by atoms with Gasteiger partial charge in [0.2, 0.25) is 0 Å². The van der Waals surface area contributed by atoms with E-state index in [4.69, 9.17) is 22.1 Å². The first-order valence-corrected chi connectivity index (χ1v) is 7.73. The van der Waals surface area contributed by atoms with Gasteiger partial charge in [0.15, 0.2) is 0 Å². The molecule has 2 rings (SSSR count). The molecule has 3 nitrogen and oxygen atoms in total. The van der Waals surface area contributed by atoms with Crippen molar-refractivity contribution in [1.82, 2.24) is 0 Å². The topological polar surface area (TPSA) is 52.3 Å². The molecule has 6 heteroatoms. The summed E-state index contributed by atoms with van der Waals surface area (Å²) >= 11 is 6.96. The van der Waals surface area contributed by atoms with Crippen LogP contribution in [0.2, 0.25) is 5.02 Å². The van der Waals surface area contributed by atoms with Gasteiger partial charge in [0.25, 0.3) is 0 Å². The van der Waals surface area contributed by atoms with E-state index in [1.165, 1.54) is 6.07 Å². The highest BCUT2D eigenvalue weighted by Gasteiger charge is 2.23. The van der Waals surface area contributed by atoms with E-state index < -0.39 is 11.8 Å². The van der Waals surface area contributed by atoms with Gasteiger partial charge in [-0.25, -0.2) is 9.18 Å². The first kappa shape index (κ1) is 15.8. The maximum Gasteiger partial charge on any atom is 0.350 e. The molecule has 112 valence electrons. The van der Waals surface area contributed by atoms with Crippen molar-refractivity contribution in [3.8, 4) is 10.4 Å². The van der Waals surface area contributed by atoms with Gasteiger partial charge in [-0.05, 0) is 25.0 Å². The summed E-state index contributed by atoms with van der Waals surface area (Å²) in [5, 5.41) is 0.0409. The lowest BCUT2D eigenvalue weighted by Gasteiger charge is -2.05. The molecule has 1 aromatic heterocycles. The molecule has 0 aliphatic rings. The molecule has 0 aliphatic heterocycles. The number of thiophene rings is 1. The summed E-state index contributed by atoms with van der Waals surface area (Å²) in [5.74, 6) is -0.992. The van der Waals surface area contributed by atoms with Gasteiger partial charge in [0, 0.05) is 10.4 Å². The Kier molecular flexibility index (Phi) is 4.85. The highest BCUT2D eigenvalue weighted by molar-refractivity contribution is 7.18. The quantitative estimate of drug-likeness (QED) is 0.839. The van der Waals surface area contributed by atoms with E-state index >= 15 is 0 Å². The van der Waals surface area contributed by atoms with Crippen LogP contribution in [0.25, 0.3) is 10.4 Å². The monoisotopic (exact) mass is 327 g/mol. The Balaban J connectivity index is 2.61. The first-order valence-electron chi connectivity index (χ1n) is 6.53. The number of rotatable bonds is 4. The third kappa shape index (κ3) is 2.89. The fraction of sp³-hybridized carbons (Fsp3) is 0.267. The molecule has 0 unspecified atom stereocenters. The van der Waals surface area contributed by atoms with E-state index in [9.17, 15) is 9.18 Å². The van der Waals surface area contributed by atoms with Crippen LogP contribution in [0.5, 0.6) is 0 Å². The Bertz CT molecular complexity index is 685. The highest BCUT2D eigenvalue weighted by atomic mass is 35.5. The number of nitrogens with two attached hydrogens (primary N) is 1. The number of hydrogen-bond acceptors (Lipinski definition) is 4. The number of hydrogen-bond donors (Lipinski definition) is 1. The Morgan fingerprint density at radius 1 is 1.43 bits per heavy atom. The zero-order valence-corrected chi connectivity index (χ0v) is 13.3. The smallest absolute Gasteiger partial charge is 0.350 e. The lowest BCUT2D eigenvalue weighted by molar-refractivity contribution is 0.0533. The summed E-state index contributed by atoms with van der Waals surface area (Å²) in [4.78, 5) is 12.9. The van der Waals surface area contributed by atoms with E-state index in [-0.39, 0.29) is 11.6 Å². The summed E-state index contributed by atoms with van der Waals surface area (Å²) in [6.07, 6.45) is 0.586. The van der Waals surface area contributed by atoms with E-state index in [0.717, 1.165) is 16.9 Å². The third-order valence-corrected chi connectivity index (χ3v) is 4.61. The van der Waals surface area contributed by atoms with Crippen LogP contribution in [0, 0.1) is 5.82 Å². The Morgan fingerprint density at radius 2 is 2.14 bits per heavy atom. The zero-order valence-electron chi connectivity index (χ0n) is 11.7. The van der Waals surface area contributed by atoms with Crippen LogP contribution in [0.4, 0.5) is 10.1 Å². The van der Waals surface area contributed by atoms with Crippen molar-refractivity contribution in [3.63, 3.8) is 0 Å². The van der Waals surface area contributed by atoms with Crippen molar-refractivity contribution in [2.75, 3.05) is 12.3 Å². The maximum atomic E-state index is 14.2. The van der Waals surface area contributed by atoms with Crippen molar-refractivity contribution in [1.29, 1.82) is 0 Å². The van der Waals surface area contributed by atoms with Gasteiger partial charge in [-0.3, -0.25) is 0 Å². The average molecular weight is 328 g/mol. The standard InChI is InChI=1S/C15H15ClFNO2S/c1-3-8-12(18)14(15(19)20-4-2)21-13(8)9-6-5-7-10(16)11(9)17/h5-7H,3-4,18H2,1-2H3. The van der Waals surface area contributed by atoms with Crippen LogP contribution in [0.3, 0.4) is 0 Å². The number of halogens is 2. The minimum atomic E-state index is -0.509. The second kappa shape index (κ2) is 6.45. The minimum absolute atomic E-state index is 0.0409. The summed E-state index contributed by atoms with van der Waals surface area (Å²) in [6.45, 7) is 3.89. The Morgan fingerprint density at radius 3 is 2.76 bits per heavy atom. The fourth-order valence-electron chi connectivity index (χ4n) is 2.07. The molecular weight excluding hydrogens is 313 g/mol. The SMILES string of the molecule is CCOC(=O)c1sc(-c2cccc(Cl)c2F)c(CC)c1N. The molecule has 21 heavy (non-hydrogen) atoms. The lowest BCUT2D eigenvalue weighted by atomic mass is 10.1. The molecule has 0 saturated carbocycles. The predicted octanol–water partition coefficient (Wildman–Crippen LogP) is 4.53. The third-order valence-electron chi connectivity index (χ3n) is 3.06. The van der Waals surface area contributed by atoms with Crippen molar-refractivity contribution in [2.45, 2.75) is 20.3 Å². The van der Waals surface area contributed by atoms with Gasteiger partial charge >= 0.3 is 5.97 Å². The van der Waals surface area contributed by atoms with Gasteiger partial charge in [-0.15, -0.1) is 11.3 Å². The number of benzene rings is 1. The summed E-state index contributed by atoms with van der Waals surface area (Å²) in [5.41, 5.74) is 7.48. The number of ether oxygens (including phenoxy) is 1. The second-order valence-electron chi connectivity index (χ2n) is 4.33. The zero-order chi connectivity index (χ0) is 15.6. The molecule has 1 aromatic carbocycles. The molecule has 0 spiro atoms. The molecule has 0 fully saturated rings. The second-order valence-corrected chi connectivity index (χ2v) is 5.76.